The molecule has 3 atom stereocenters. The molecule has 2 N–H and O–H groups in total. The van der Waals surface area contributed by atoms with Gasteiger partial charge in [0.2, 0.25) is 0 Å². The second kappa shape index (κ2) is 7.08. The molecule has 3 rings (SSSR count). The van der Waals surface area contributed by atoms with Crippen molar-refractivity contribution in [2.45, 2.75) is 45.1 Å². The van der Waals surface area contributed by atoms with Gasteiger partial charge in [0.05, 0.1) is 11.6 Å². The van der Waals surface area contributed by atoms with Crippen molar-refractivity contribution >= 4 is 11.7 Å². The van der Waals surface area contributed by atoms with Crippen LogP contribution in [0.3, 0.4) is 0 Å². The van der Waals surface area contributed by atoms with Crippen molar-refractivity contribution in [3.8, 4) is 0 Å². The maximum Gasteiger partial charge on any atom is 0.335 e. The first kappa shape index (κ1) is 16.6. The Kier molecular flexibility index (Phi) is 4.89. The molecular weight excluding hydrogens is 298 g/mol. The highest BCUT2D eigenvalue weighted by molar-refractivity contribution is 5.87. The van der Waals surface area contributed by atoms with Crippen LogP contribution in [0.5, 0.6) is 0 Å². The molecule has 0 saturated carbocycles. The fourth-order valence-electron chi connectivity index (χ4n) is 3.84. The summed E-state index contributed by atoms with van der Waals surface area (Å²) in [7, 11) is 0. The Labute approximate surface area is 143 Å². The number of anilines is 1. The average Bonchev–Trinajstić information content (AvgIpc) is 2.61. The Bertz CT molecular complexity index is 708. The van der Waals surface area contributed by atoms with Gasteiger partial charge >= 0.3 is 5.97 Å². The number of hydrogen-bond donors (Lipinski definition) is 2. The fraction of sp³-hybridized carbons (Fsp3) is 0.381. The largest absolute Gasteiger partial charge is 0.478 e. The summed E-state index contributed by atoms with van der Waals surface area (Å²) in [6, 6.07) is 16.1. The summed E-state index contributed by atoms with van der Waals surface area (Å²) in [5.74, 6) is 0.119. The summed E-state index contributed by atoms with van der Waals surface area (Å²) in [4.78, 5) is 11.1. The van der Waals surface area contributed by atoms with E-state index in [-0.39, 0.29) is 6.04 Å². The molecule has 3 unspecified atom stereocenters. The average molecular weight is 323 g/mol. The molecule has 24 heavy (non-hydrogen) atoms. The van der Waals surface area contributed by atoms with Crippen LogP contribution in [-0.4, -0.2) is 11.1 Å². The van der Waals surface area contributed by atoms with Gasteiger partial charge in [0.1, 0.15) is 0 Å². The first-order valence-electron chi connectivity index (χ1n) is 8.80. The monoisotopic (exact) mass is 323 g/mol. The molecular formula is C21H25NO2. The number of benzene rings is 2. The third-order valence-electron chi connectivity index (χ3n) is 5.24. The van der Waals surface area contributed by atoms with Crippen LogP contribution in [-0.2, 0) is 0 Å². The lowest BCUT2D eigenvalue weighted by Crippen LogP contribution is -2.30. The van der Waals surface area contributed by atoms with Gasteiger partial charge in [0, 0.05) is 5.69 Å². The van der Waals surface area contributed by atoms with Crippen molar-refractivity contribution in [3.05, 3.63) is 65.2 Å². The molecule has 1 heterocycles. The third kappa shape index (κ3) is 3.16. The molecule has 0 saturated heterocycles. The number of para-hydroxylation sites is 1. The van der Waals surface area contributed by atoms with E-state index in [9.17, 15) is 4.79 Å². The SMILES string of the molecule is CCCCC1C(C)c2ccccc2NC1c1ccc(C(=O)O)cc1. The minimum absolute atomic E-state index is 0.226. The number of aromatic carboxylic acids is 1. The minimum Gasteiger partial charge on any atom is -0.478 e. The zero-order chi connectivity index (χ0) is 17.1. The lowest BCUT2D eigenvalue weighted by molar-refractivity contribution is 0.0697. The van der Waals surface area contributed by atoms with E-state index in [1.165, 1.54) is 36.1 Å². The highest BCUT2D eigenvalue weighted by atomic mass is 16.4. The Balaban J connectivity index is 1.95. The molecule has 1 aliphatic heterocycles. The first-order valence-corrected chi connectivity index (χ1v) is 8.80. The molecule has 1 aliphatic rings. The van der Waals surface area contributed by atoms with Gasteiger partial charge in [-0.3, -0.25) is 0 Å². The summed E-state index contributed by atoms with van der Waals surface area (Å²) in [6.07, 6.45) is 3.57. The second-order valence-electron chi connectivity index (χ2n) is 6.73. The standard InChI is InChI=1S/C21H25NO2/c1-3-4-7-18-14(2)17-8-5-6-9-19(17)22-20(18)15-10-12-16(13-11-15)21(23)24/h5-6,8-14,18,20,22H,3-4,7H2,1-2H3,(H,23,24). The Hall–Kier alpha value is -2.29. The lowest BCUT2D eigenvalue weighted by Gasteiger charge is -2.40. The van der Waals surface area contributed by atoms with Crippen molar-refractivity contribution in [2.24, 2.45) is 5.92 Å². The van der Waals surface area contributed by atoms with E-state index in [2.05, 4.69) is 43.4 Å². The first-order chi connectivity index (χ1) is 11.6. The van der Waals surface area contributed by atoms with E-state index in [0.717, 1.165) is 0 Å². The van der Waals surface area contributed by atoms with Gasteiger partial charge in [-0.15, -0.1) is 0 Å². The number of carboxylic acids is 1. The predicted octanol–water partition coefficient (Wildman–Crippen LogP) is 5.46. The molecule has 0 bridgehead atoms. The maximum absolute atomic E-state index is 11.1. The summed E-state index contributed by atoms with van der Waals surface area (Å²) >= 11 is 0. The van der Waals surface area contributed by atoms with Crippen LogP contribution in [0.2, 0.25) is 0 Å². The number of carboxylic acid groups (broad SMARTS) is 1. The van der Waals surface area contributed by atoms with Crippen LogP contribution < -0.4 is 5.32 Å². The maximum atomic E-state index is 11.1. The van der Waals surface area contributed by atoms with Crippen LogP contribution in [0.25, 0.3) is 0 Å². The van der Waals surface area contributed by atoms with E-state index >= 15 is 0 Å². The normalized spacial score (nSPS) is 22.5. The Morgan fingerprint density at radius 2 is 1.83 bits per heavy atom. The van der Waals surface area contributed by atoms with E-state index < -0.39 is 5.97 Å². The van der Waals surface area contributed by atoms with Gasteiger partial charge in [-0.2, -0.15) is 0 Å². The van der Waals surface area contributed by atoms with E-state index in [0.29, 0.717) is 17.4 Å². The molecule has 0 spiro atoms. The smallest absolute Gasteiger partial charge is 0.335 e. The quantitative estimate of drug-likeness (QED) is 0.768. The van der Waals surface area contributed by atoms with Crippen molar-refractivity contribution in [1.82, 2.24) is 0 Å². The molecule has 3 nitrogen and oxygen atoms in total. The van der Waals surface area contributed by atoms with Gasteiger partial charge < -0.3 is 10.4 Å². The number of nitrogens with one attached hydrogen (secondary N) is 1. The minimum atomic E-state index is -0.876. The van der Waals surface area contributed by atoms with Crippen LogP contribution in [0.4, 0.5) is 5.69 Å². The van der Waals surface area contributed by atoms with Gasteiger partial charge in [-0.1, -0.05) is 57.0 Å². The fourth-order valence-corrected chi connectivity index (χ4v) is 3.84. The number of carbonyl (C=O) groups is 1. The molecule has 0 radical (unpaired) electrons. The van der Waals surface area contributed by atoms with E-state index in [1.807, 2.05) is 12.1 Å². The molecule has 2 aromatic carbocycles. The summed E-state index contributed by atoms with van der Waals surface area (Å²) in [5.41, 5.74) is 4.10. The van der Waals surface area contributed by atoms with E-state index in [1.54, 1.807) is 12.1 Å². The topological polar surface area (TPSA) is 49.3 Å². The molecule has 126 valence electrons. The van der Waals surface area contributed by atoms with Crippen LogP contribution in [0, 0.1) is 5.92 Å². The van der Waals surface area contributed by atoms with Crippen LogP contribution >= 0.6 is 0 Å². The zero-order valence-corrected chi connectivity index (χ0v) is 14.3. The van der Waals surface area contributed by atoms with Crippen molar-refractivity contribution < 1.29 is 9.90 Å². The third-order valence-corrected chi connectivity index (χ3v) is 5.24. The summed E-state index contributed by atoms with van der Waals surface area (Å²) in [6.45, 7) is 4.55. The Morgan fingerprint density at radius 1 is 1.12 bits per heavy atom. The molecule has 3 heteroatoms. The Morgan fingerprint density at radius 3 is 2.50 bits per heavy atom. The lowest BCUT2D eigenvalue weighted by atomic mass is 9.74. The van der Waals surface area contributed by atoms with E-state index in [4.69, 9.17) is 5.11 Å². The van der Waals surface area contributed by atoms with Crippen molar-refractivity contribution in [1.29, 1.82) is 0 Å². The number of unbranched alkanes of at least 4 members (excludes halogenated alkanes) is 1. The second-order valence-corrected chi connectivity index (χ2v) is 6.73. The highest BCUT2D eigenvalue weighted by Gasteiger charge is 2.34. The van der Waals surface area contributed by atoms with Crippen molar-refractivity contribution in [2.75, 3.05) is 5.32 Å². The summed E-state index contributed by atoms with van der Waals surface area (Å²) < 4.78 is 0. The molecule has 0 aliphatic carbocycles. The molecule has 0 aromatic heterocycles. The van der Waals surface area contributed by atoms with Gasteiger partial charge in [-0.25, -0.2) is 4.79 Å². The highest BCUT2D eigenvalue weighted by Crippen LogP contribution is 2.46. The number of hydrogen-bond acceptors (Lipinski definition) is 2. The zero-order valence-electron chi connectivity index (χ0n) is 14.3. The molecule has 2 aromatic rings. The molecule has 0 amide bonds. The summed E-state index contributed by atoms with van der Waals surface area (Å²) in [5, 5.41) is 12.8. The van der Waals surface area contributed by atoms with Crippen LogP contribution in [0.1, 0.15) is 66.6 Å². The van der Waals surface area contributed by atoms with Crippen molar-refractivity contribution in [3.63, 3.8) is 0 Å². The van der Waals surface area contributed by atoms with Gasteiger partial charge in [-0.05, 0) is 47.6 Å². The molecule has 0 fully saturated rings. The number of fused-ring (bicyclic) bond motifs is 1. The number of rotatable bonds is 5. The predicted molar refractivity (Wildman–Crippen MR) is 97.6 cm³/mol. The van der Waals surface area contributed by atoms with Gasteiger partial charge in [0.25, 0.3) is 0 Å². The van der Waals surface area contributed by atoms with Gasteiger partial charge in [0.15, 0.2) is 0 Å². The van der Waals surface area contributed by atoms with Crippen LogP contribution in [0.15, 0.2) is 48.5 Å².